The van der Waals surface area contributed by atoms with Crippen molar-refractivity contribution in [2.24, 2.45) is 5.73 Å². The van der Waals surface area contributed by atoms with Crippen LogP contribution in [0.2, 0.25) is 0 Å². The van der Waals surface area contributed by atoms with Gasteiger partial charge >= 0.3 is 0 Å². The molecule has 5 nitrogen and oxygen atoms in total. The minimum atomic E-state index is -3.47. The Bertz CT molecular complexity index is 626. The van der Waals surface area contributed by atoms with Crippen LogP contribution in [0.5, 0.6) is 0 Å². The molecule has 2 aliphatic rings. The summed E-state index contributed by atoms with van der Waals surface area (Å²) < 4.78 is 33.1. The molecule has 0 amide bonds. The topological polar surface area (TPSA) is 72.6 Å². The van der Waals surface area contributed by atoms with Crippen molar-refractivity contribution < 1.29 is 13.2 Å². The second-order valence-corrected chi connectivity index (χ2v) is 8.65. The molecule has 1 saturated heterocycles. The molecular weight excluding hydrogens is 316 g/mol. The monoisotopic (exact) mass is 332 g/mol. The molecule has 0 bridgehead atoms. The van der Waals surface area contributed by atoms with Gasteiger partial charge in [0.1, 0.15) is 9.20 Å². The Kier molecular flexibility index (Phi) is 3.85. The Hall–Kier alpha value is -0.540. The first-order valence-corrected chi connectivity index (χ1v) is 9.20. The fourth-order valence-electron chi connectivity index (χ4n) is 2.90. The van der Waals surface area contributed by atoms with E-state index < -0.39 is 10.0 Å². The van der Waals surface area contributed by atoms with Gasteiger partial charge in [-0.25, -0.2) is 8.42 Å². The molecule has 1 aromatic rings. The molecule has 20 heavy (non-hydrogen) atoms. The van der Waals surface area contributed by atoms with Crippen molar-refractivity contribution in [2.75, 3.05) is 13.2 Å². The molecule has 2 unspecified atom stereocenters. The number of hydrogen-bond acceptors (Lipinski definition) is 5. The Morgan fingerprint density at radius 2 is 2.25 bits per heavy atom. The van der Waals surface area contributed by atoms with Crippen LogP contribution >= 0.6 is 23.6 Å². The second kappa shape index (κ2) is 5.34. The lowest BCUT2D eigenvalue weighted by Gasteiger charge is -2.36. The number of nitrogens with zero attached hydrogens (tertiary/aromatic N) is 1. The zero-order valence-corrected chi connectivity index (χ0v) is 13.3. The fraction of sp³-hybridized carbons (Fsp3) is 0.583. The standard InChI is InChI=1S/C12H16N2O3S3/c13-12(18)10-4-5-11(19-10)20(15,16)14-6-7-17-9-3-1-2-8(9)14/h4-5,8-9H,1-3,6-7H2,(H2,13,18). The number of thiocarbonyl (C=S) groups is 1. The van der Waals surface area contributed by atoms with E-state index in [9.17, 15) is 8.42 Å². The predicted molar refractivity (Wildman–Crippen MR) is 81.5 cm³/mol. The SMILES string of the molecule is NC(=S)c1ccc(S(=O)(=O)N2CCOC3CCCC32)s1. The van der Waals surface area contributed by atoms with Gasteiger partial charge < -0.3 is 10.5 Å². The van der Waals surface area contributed by atoms with Gasteiger partial charge in [0.05, 0.1) is 23.6 Å². The van der Waals surface area contributed by atoms with Crippen molar-refractivity contribution in [1.82, 2.24) is 4.31 Å². The van der Waals surface area contributed by atoms with Gasteiger partial charge in [0.2, 0.25) is 0 Å². The molecule has 0 aromatic carbocycles. The molecule has 1 aliphatic carbocycles. The lowest BCUT2D eigenvalue weighted by molar-refractivity contribution is -0.0241. The number of hydrogen-bond donors (Lipinski definition) is 1. The van der Waals surface area contributed by atoms with Crippen LogP contribution in [0.25, 0.3) is 0 Å². The smallest absolute Gasteiger partial charge is 0.252 e. The van der Waals surface area contributed by atoms with Crippen LogP contribution in [-0.4, -0.2) is 43.0 Å². The maximum Gasteiger partial charge on any atom is 0.252 e. The summed E-state index contributed by atoms with van der Waals surface area (Å²) in [5.41, 5.74) is 5.55. The molecule has 2 atom stereocenters. The summed E-state index contributed by atoms with van der Waals surface area (Å²) in [6.45, 7) is 0.887. The third-order valence-corrected chi connectivity index (χ3v) is 7.68. The maximum absolute atomic E-state index is 12.8. The van der Waals surface area contributed by atoms with Crippen molar-refractivity contribution in [3.8, 4) is 0 Å². The number of rotatable bonds is 3. The number of fused-ring (bicyclic) bond motifs is 1. The molecule has 0 spiro atoms. The first kappa shape index (κ1) is 14.4. The highest BCUT2D eigenvalue weighted by molar-refractivity contribution is 7.91. The van der Waals surface area contributed by atoms with E-state index >= 15 is 0 Å². The Balaban J connectivity index is 1.92. The summed E-state index contributed by atoms with van der Waals surface area (Å²) in [5, 5.41) is 0. The van der Waals surface area contributed by atoms with Crippen LogP contribution in [0.3, 0.4) is 0 Å². The van der Waals surface area contributed by atoms with Gasteiger partial charge in [-0.1, -0.05) is 12.2 Å². The van der Waals surface area contributed by atoms with Gasteiger partial charge in [0, 0.05) is 6.54 Å². The van der Waals surface area contributed by atoms with E-state index in [2.05, 4.69) is 0 Å². The maximum atomic E-state index is 12.8. The van der Waals surface area contributed by atoms with Crippen LogP contribution in [0, 0.1) is 0 Å². The third kappa shape index (κ3) is 2.39. The third-order valence-electron chi connectivity index (χ3n) is 3.82. The summed E-state index contributed by atoms with van der Waals surface area (Å²) in [5.74, 6) is 0. The zero-order chi connectivity index (χ0) is 14.3. The minimum absolute atomic E-state index is 0.0240. The molecular formula is C12H16N2O3S3. The van der Waals surface area contributed by atoms with Crippen molar-refractivity contribution >= 4 is 38.6 Å². The molecule has 1 aromatic heterocycles. The van der Waals surface area contributed by atoms with E-state index in [1.807, 2.05) is 0 Å². The minimum Gasteiger partial charge on any atom is -0.389 e. The van der Waals surface area contributed by atoms with Crippen LogP contribution in [0.1, 0.15) is 24.1 Å². The Morgan fingerprint density at radius 3 is 2.95 bits per heavy atom. The molecule has 0 radical (unpaired) electrons. The van der Waals surface area contributed by atoms with Crippen molar-refractivity contribution in [2.45, 2.75) is 35.6 Å². The first-order chi connectivity index (χ1) is 9.50. The summed E-state index contributed by atoms with van der Waals surface area (Å²) in [7, 11) is -3.47. The van der Waals surface area contributed by atoms with Gasteiger partial charge in [0.15, 0.2) is 0 Å². The highest BCUT2D eigenvalue weighted by atomic mass is 32.2. The first-order valence-electron chi connectivity index (χ1n) is 6.53. The fourth-order valence-corrected chi connectivity index (χ4v) is 6.04. The molecule has 2 heterocycles. The molecule has 2 fully saturated rings. The largest absolute Gasteiger partial charge is 0.389 e. The lowest BCUT2D eigenvalue weighted by Crippen LogP contribution is -2.50. The molecule has 1 saturated carbocycles. The van der Waals surface area contributed by atoms with E-state index in [4.69, 9.17) is 22.7 Å². The van der Waals surface area contributed by atoms with E-state index in [1.165, 1.54) is 0 Å². The average molecular weight is 332 g/mol. The van der Waals surface area contributed by atoms with Gasteiger partial charge in [-0.15, -0.1) is 11.3 Å². The molecule has 3 rings (SSSR count). The number of morpholine rings is 1. The summed E-state index contributed by atoms with van der Waals surface area (Å²) in [4.78, 5) is 0.868. The van der Waals surface area contributed by atoms with Gasteiger partial charge in [-0.2, -0.15) is 4.31 Å². The highest BCUT2D eigenvalue weighted by Gasteiger charge is 2.42. The normalized spacial score (nSPS) is 27.4. The Morgan fingerprint density at radius 1 is 1.45 bits per heavy atom. The number of nitrogens with two attached hydrogens (primary N) is 1. The van der Waals surface area contributed by atoms with Crippen LogP contribution < -0.4 is 5.73 Å². The second-order valence-electron chi connectivity index (χ2n) is 5.01. The van der Waals surface area contributed by atoms with Gasteiger partial charge in [-0.3, -0.25) is 0 Å². The Labute approximate surface area is 127 Å². The van der Waals surface area contributed by atoms with Crippen molar-refractivity contribution in [3.05, 3.63) is 17.0 Å². The molecule has 110 valence electrons. The van der Waals surface area contributed by atoms with Gasteiger partial charge in [-0.05, 0) is 31.4 Å². The number of sulfonamides is 1. The van der Waals surface area contributed by atoms with Crippen LogP contribution in [0.4, 0.5) is 0 Å². The lowest BCUT2D eigenvalue weighted by atomic mass is 10.2. The average Bonchev–Trinajstić information content (AvgIpc) is 3.07. The van der Waals surface area contributed by atoms with Crippen molar-refractivity contribution in [1.29, 1.82) is 0 Å². The molecule has 2 N–H and O–H groups in total. The highest BCUT2D eigenvalue weighted by Crippen LogP contribution is 2.35. The summed E-state index contributed by atoms with van der Waals surface area (Å²) in [6.07, 6.45) is 2.88. The van der Waals surface area contributed by atoms with E-state index in [1.54, 1.807) is 16.4 Å². The van der Waals surface area contributed by atoms with Crippen LogP contribution in [0.15, 0.2) is 16.3 Å². The van der Waals surface area contributed by atoms with E-state index in [0.717, 1.165) is 30.6 Å². The van der Waals surface area contributed by atoms with Crippen molar-refractivity contribution in [3.63, 3.8) is 0 Å². The zero-order valence-electron chi connectivity index (χ0n) is 10.8. The molecule has 1 aliphatic heterocycles. The predicted octanol–water partition coefficient (Wildman–Crippen LogP) is 1.32. The van der Waals surface area contributed by atoms with Crippen LogP contribution in [-0.2, 0) is 14.8 Å². The molecule has 8 heteroatoms. The quantitative estimate of drug-likeness (QED) is 0.845. The number of thiophene rings is 1. The van der Waals surface area contributed by atoms with E-state index in [-0.39, 0.29) is 17.1 Å². The number of ether oxygens (including phenoxy) is 1. The van der Waals surface area contributed by atoms with Gasteiger partial charge in [0.25, 0.3) is 10.0 Å². The summed E-state index contributed by atoms with van der Waals surface area (Å²) >= 11 is 6.03. The summed E-state index contributed by atoms with van der Waals surface area (Å²) in [6, 6.07) is 3.24. The van der Waals surface area contributed by atoms with E-state index in [0.29, 0.717) is 22.2 Å².